The molecule has 31 heavy (non-hydrogen) atoms. The number of imidazole rings is 1. The lowest BCUT2D eigenvalue weighted by Crippen LogP contribution is -2.17. The van der Waals surface area contributed by atoms with E-state index in [9.17, 15) is 26.7 Å². The average Bonchev–Trinajstić information content (AvgIpc) is 3.31. The van der Waals surface area contributed by atoms with Gasteiger partial charge in [0.1, 0.15) is 12.0 Å². The zero-order chi connectivity index (χ0) is 22.3. The molecule has 0 radical (unpaired) electrons. The summed E-state index contributed by atoms with van der Waals surface area (Å²) in [7, 11) is 0. The van der Waals surface area contributed by atoms with E-state index < -0.39 is 35.6 Å². The van der Waals surface area contributed by atoms with Gasteiger partial charge in [-0.15, -0.1) is 0 Å². The van der Waals surface area contributed by atoms with Crippen molar-refractivity contribution in [1.82, 2.24) is 24.1 Å². The highest BCUT2D eigenvalue weighted by atomic mass is 19.4. The summed E-state index contributed by atoms with van der Waals surface area (Å²) in [4.78, 5) is 19.9. The summed E-state index contributed by atoms with van der Waals surface area (Å²) in [5.74, 6) is -0.392. The lowest BCUT2D eigenvalue weighted by Gasteiger charge is -2.26. The Morgan fingerprint density at radius 3 is 2.58 bits per heavy atom. The molecule has 4 rings (SSSR count). The molecule has 1 aliphatic rings. The van der Waals surface area contributed by atoms with E-state index in [0.29, 0.717) is 5.92 Å². The molecule has 0 bridgehead atoms. The predicted octanol–water partition coefficient (Wildman–Crippen LogP) is 4.89. The zero-order valence-electron chi connectivity index (χ0n) is 16.4. The van der Waals surface area contributed by atoms with E-state index in [4.69, 9.17) is 0 Å². The second kappa shape index (κ2) is 7.89. The van der Waals surface area contributed by atoms with E-state index in [0.717, 1.165) is 48.7 Å². The van der Waals surface area contributed by atoms with Crippen LogP contribution < -0.4 is 5.32 Å². The Kier molecular flexibility index (Phi) is 5.40. The van der Waals surface area contributed by atoms with Crippen LogP contribution in [0.1, 0.15) is 67.0 Å². The van der Waals surface area contributed by atoms with Gasteiger partial charge in [0.2, 0.25) is 0 Å². The van der Waals surface area contributed by atoms with E-state index in [1.165, 1.54) is 10.9 Å². The van der Waals surface area contributed by atoms with Gasteiger partial charge in [0.25, 0.3) is 12.3 Å². The number of fused-ring (bicyclic) bond motifs is 1. The van der Waals surface area contributed by atoms with Crippen LogP contribution in [0.4, 0.5) is 27.6 Å². The molecule has 1 N–H and O–H groups in total. The summed E-state index contributed by atoms with van der Waals surface area (Å²) < 4.78 is 68.5. The average molecular weight is 442 g/mol. The smallest absolute Gasteiger partial charge is 0.317 e. The van der Waals surface area contributed by atoms with Crippen LogP contribution in [-0.2, 0) is 6.18 Å². The van der Waals surface area contributed by atoms with Gasteiger partial charge in [0, 0.05) is 12.4 Å². The van der Waals surface area contributed by atoms with E-state index in [1.54, 1.807) is 0 Å². The molecule has 0 saturated heterocycles. The number of hydrogen-bond donors (Lipinski definition) is 1. The molecule has 166 valence electrons. The number of aromatic nitrogens is 5. The van der Waals surface area contributed by atoms with Gasteiger partial charge < -0.3 is 5.32 Å². The molecule has 0 aliphatic heterocycles. The molecule has 0 atom stereocenters. The van der Waals surface area contributed by atoms with Crippen molar-refractivity contribution >= 4 is 17.2 Å². The number of nitrogens with zero attached hydrogens (tertiary/aromatic N) is 5. The molecule has 0 aromatic carbocycles. The van der Waals surface area contributed by atoms with E-state index in [2.05, 4.69) is 27.3 Å². The molecule has 3 heterocycles. The summed E-state index contributed by atoms with van der Waals surface area (Å²) in [5, 5.41) is 6.28. The minimum absolute atomic E-state index is 0.0520. The lowest BCUT2D eigenvalue weighted by atomic mass is 9.87. The van der Waals surface area contributed by atoms with Gasteiger partial charge in [-0.05, 0) is 37.7 Å². The number of rotatable bonds is 4. The number of carbonyl (C=O) groups is 1. The van der Waals surface area contributed by atoms with Crippen molar-refractivity contribution in [2.24, 2.45) is 5.92 Å². The van der Waals surface area contributed by atoms with Crippen molar-refractivity contribution in [3.8, 4) is 0 Å². The van der Waals surface area contributed by atoms with Crippen LogP contribution in [0.5, 0.6) is 0 Å². The number of alkyl halides is 5. The first-order valence-corrected chi connectivity index (χ1v) is 9.73. The van der Waals surface area contributed by atoms with Gasteiger partial charge in [0.15, 0.2) is 17.0 Å². The summed E-state index contributed by atoms with van der Waals surface area (Å²) in [6, 6.07) is 0.698. The number of nitrogens with one attached hydrogen (secondary N) is 1. The molecule has 1 amide bonds. The number of hydrogen-bond acceptors (Lipinski definition) is 4. The normalized spacial score (nSPS) is 19.8. The third-order valence-electron chi connectivity index (χ3n) is 5.47. The highest BCUT2D eigenvalue weighted by Gasteiger charge is 2.33. The molecule has 3 aromatic heterocycles. The van der Waals surface area contributed by atoms with Crippen molar-refractivity contribution in [3.63, 3.8) is 0 Å². The van der Waals surface area contributed by atoms with Crippen LogP contribution in [0.2, 0.25) is 0 Å². The van der Waals surface area contributed by atoms with Gasteiger partial charge in [-0.2, -0.15) is 18.3 Å². The fraction of sp³-hybridized carbons (Fsp3) is 0.474. The SMILES string of the molecule is C[C@H]1CC[C@H](n2cc(NC(=O)c3ncn4ccc(C(F)(F)F)nc34)c(C(F)F)n2)CC1. The molecule has 1 saturated carbocycles. The first-order valence-electron chi connectivity index (χ1n) is 9.73. The second-order valence-electron chi connectivity index (χ2n) is 7.71. The third kappa shape index (κ3) is 4.23. The maximum atomic E-state index is 13.5. The summed E-state index contributed by atoms with van der Waals surface area (Å²) in [5.41, 5.74) is -2.74. The fourth-order valence-corrected chi connectivity index (χ4v) is 3.73. The predicted molar refractivity (Wildman–Crippen MR) is 99.8 cm³/mol. The Hall–Kier alpha value is -3.05. The number of amides is 1. The van der Waals surface area contributed by atoms with Crippen LogP contribution in [0.15, 0.2) is 24.8 Å². The molecule has 12 heteroatoms. The van der Waals surface area contributed by atoms with Crippen molar-refractivity contribution in [2.45, 2.75) is 51.3 Å². The summed E-state index contributed by atoms with van der Waals surface area (Å²) in [6.45, 7) is 2.13. The minimum Gasteiger partial charge on any atom is -0.317 e. The van der Waals surface area contributed by atoms with Crippen molar-refractivity contribution in [1.29, 1.82) is 0 Å². The Balaban J connectivity index is 1.62. The fourth-order valence-electron chi connectivity index (χ4n) is 3.73. The van der Waals surface area contributed by atoms with Crippen LogP contribution in [-0.4, -0.2) is 30.1 Å². The number of halogens is 5. The Bertz CT molecular complexity index is 1100. The first-order chi connectivity index (χ1) is 14.6. The quantitative estimate of drug-likeness (QED) is 0.584. The van der Waals surface area contributed by atoms with Crippen LogP contribution in [0, 0.1) is 5.92 Å². The van der Waals surface area contributed by atoms with E-state index in [-0.39, 0.29) is 17.4 Å². The van der Waals surface area contributed by atoms with E-state index in [1.807, 2.05) is 0 Å². The Labute approximate surface area is 173 Å². The van der Waals surface area contributed by atoms with Crippen LogP contribution in [0.25, 0.3) is 5.65 Å². The number of carbonyl (C=O) groups excluding carboxylic acids is 1. The third-order valence-corrected chi connectivity index (χ3v) is 5.47. The molecule has 1 fully saturated rings. The van der Waals surface area contributed by atoms with Gasteiger partial charge in [0.05, 0.1) is 11.7 Å². The Morgan fingerprint density at radius 1 is 1.23 bits per heavy atom. The molecule has 1 aliphatic carbocycles. The molecular formula is C19H19F5N6O. The highest BCUT2D eigenvalue weighted by molar-refractivity contribution is 6.07. The highest BCUT2D eigenvalue weighted by Crippen LogP contribution is 2.34. The van der Waals surface area contributed by atoms with Gasteiger partial charge in [-0.25, -0.2) is 18.7 Å². The maximum absolute atomic E-state index is 13.5. The van der Waals surface area contributed by atoms with Gasteiger partial charge >= 0.3 is 6.18 Å². The first kappa shape index (κ1) is 21.2. The van der Waals surface area contributed by atoms with Gasteiger partial charge in [-0.3, -0.25) is 13.9 Å². The molecule has 3 aromatic rings. The largest absolute Gasteiger partial charge is 0.433 e. The topological polar surface area (TPSA) is 77.1 Å². The molecule has 7 nitrogen and oxygen atoms in total. The van der Waals surface area contributed by atoms with Crippen LogP contribution >= 0.6 is 0 Å². The summed E-state index contributed by atoms with van der Waals surface area (Å²) in [6.07, 6.45) is -0.640. The standard InChI is InChI=1S/C19H19F5N6O/c1-10-2-4-11(5-3-10)30-8-12(14(28-30)16(20)21)26-18(31)15-17-27-13(19(22,23)24)6-7-29(17)9-25-15/h6-11,16H,2-5H2,1H3,(H,26,31)/t10-,11-. The monoisotopic (exact) mass is 442 g/mol. The van der Waals surface area contributed by atoms with Crippen molar-refractivity contribution in [3.05, 3.63) is 41.9 Å². The van der Waals surface area contributed by atoms with Gasteiger partial charge in [-0.1, -0.05) is 6.92 Å². The zero-order valence-corrected chi connectivity index (χ0v) is 16.4. The molecular weight excluding hydrogens is 423 g/mol. The van der Waals surface area contributed by atoms with E-state index >= 15 is 0 Å². The van der Waals surface area contributed by atoms with Crippen LogP contribution in [0.3, 0.4) is 0 Å². The van der Waals surface area contributed by atoms with Crippen molar-refractivity contribution in [2.75, 3.05) is 5.32 Å². The van der Waals surface area contributed by atoms with Crippen molar-refractivity contribution < 1.29 is 26.7 Å². The second-order valence-corrected chi connectivity index (χ2v) is 7.71. The minimum atomic E-state index is -4.71. The molecule has 0 unspecified atom stereocenters. The maximum Gasteiger partial charge on any atom is 0.433 e. The number of anilines is 1. The molecule has 0 spiro atoms. The Morgan fingerprint density at radius 2 is 1.94 bits per heavy atom. The summed E-state index contributed by atoms with van der Waals surface area (Å²) >= 11 is 0. The lowest BCUT2D eigenvalue weighted by molar-refractivity contribution is -0.141.